The van der Waals surface area contributed by atoms with Crippen LogP contribution in [0.2, 0.25) is 0 Å². The summed E-state index contributed by atoms with van der Waals surface area (Å²) in [5.41, 5.74) is 7.87. The van der Waals surface area contributed by atoms with Crippen LogP contribution in [0.5, 0.6) is 0 Å². The number of pyridine rings is 3. The average molecular weight is 506 g/mol. The smallest absolute Gasteiger partial charge is 0.159 e. The normalized spacial score (nSPS) is 11.5. The monoisotopic (exact) mass is 505 g/mol. The fourth-order valence-electron chi connectivity index (χ4n) is 4.41. The van der Waals surface area contributed by atoms with Gasteiger partial charge in [0.15, 0.2) is 5.82 Å². The number of anilines is 1. The van der Waals surface area contributed by atoms with Crippen molar-refractivity contribution in [3.8, 4) is 33.9 Å². The predicted molar refractivity (Wildman–Crippen MR) is 147 cm³/mol. The van der Waals surface area contributed by atoms with E-state index in [0.29, 0.717) is 18.1 Å². The van der Waals surface area contributed by atoms with E-state index >= 15 is 0 Å². The van der Waals surface area contributed by atoms with Gasteiger partial charge in [-0.1, -0.05) is 18.7 Å². The number of aromatic amines is 2. The molecule has 188 valence electrons. The van der Waals surface area contributed by atoms with Gasteiger partial charge in [0, 0.05) is 41.1 Å². The lowest BCUT2D eigenvalue weighted by Gasteiger charge is -2.14. The molecule has 10 heteroatoms. The molecule has 5 heterocycles. The summed E-state index contributed by atoms with van der Waals surface area (Å²) < 4.78 is 13.5. The van der Waals surface area contributed by atoms with E-state index in [4.69, 9.17) is 4.98 Å². The van der Waals surface area contributed by atoms with Crippen LogP contribution < -0.4 is 5.32 Å². The van der Waals surface area contributed by atoms with Gasteiger partial charge in [0.05, 0.1) is 46.5 Å². The van der Waals surface area contributed by atoms with E-state index in [-0.39, 0.29) is 5.82 Å². The van der Waals surface area contributed by atoms with E-state index in [1.54, 1.807) is 43.1 Å². The number of nitrogens with zero attached hydrogens (tertiary/aromatic N) is 6. The Hall–Kier alpha value is -4.96. The molecule has 0 aliphatic carbocycles. The van der Waals surface area contributed by atoms with E-state index in [1.165, 1.54) is 12.1 Å². The molecule has 0 amide bonds. The fourth-order valence-corrected chi connectivity index (χ4v) is 4.41. The van der Waals surface area contributed by atoms with Crippen molar-refractivity contribution >= 4 is 27.6 Å². The van der Waals surface area contributed by atoms with Crippen LogP contribution in [0.15, 0.2) is 79.7 Å². The molecule has 6 rings (SSSR count). The van der Waals surface area contributed by atoms with Crippen molar-refractivity contribution in [3.63, 3.8) is 0 Å². The topological polar surface area (TPSA) is 111 Å². The molecule has 0 spiro atoms. The number of halogens is 1. The highest BCUT2D eigenvalue weighted by molar-refractivity contribution is 5.97. The van der Waals surface area contributed by atoms with Crippen molar-refractivity contribution in [2.75, 3.05) is 26.0 Å². The van der Waals surface area contributed by atoms with E-state index in [9.17, 15) is 4.39 Å². The maximum Gasteiger partial charge on any atom is 0.159 e. The Balaban J connectivity index is 1.38. The molecule has 0 atom stereocenters. The van der Waals surface area contributed by atoms with Gasteiger partial charge in [-0.3, -0.25) is 20.1 Å². The summed E-state index contributed by atoms with van der Waals surface area (Å²) in [7, 11) is 3.98. The lowest BCUT2D eigenvalue weighted by molar-refractivity contribution is 0.447. The Morgan fingerprint density at radius 1 is 0.974 bits per heavy atom. The number of nitrogens with one attached hydrogen (secondary N) is 3. The number of H-pyrrole nitrogens is 2. The summed E-state index contributed by atoms with van der Waals surface area (Å²) in [5, 5.41) is 11.7. The van der Waals surface area contributed by atoms with Gasteiger partial charge in [-0.2, -0.15) is 5.10 Å². The molecule has 0 radical (unpaired) electrons. The summed E-state index contributed by atoms with van der Waals surface area (Å²) in [6.07, 6.45) is 8.73. The first kappa shape index (κ1) is 23.4. The highest BCUT2D eigenvalue weighted by atomic mass is 19.1. The molecule has 0 fully saturated rings. The Kier molecular flexibility index (Phi) is 5.85. The largest absolute Gasteiger partial charge is 0.357 e. The Morgan fingerprint density at radius 3 is 2.61 bits per heavy atom. The maximum absolute atomic E-state index is 13.5. The molecular formula is C28H24FN9. The Bertz CT molecular complexity index is 1780. The molecule has 1 aromatic carbocycles. The number of aromatic nitrogens is 7. The van der Waals surface area contributed by atoms with E-state index in [2.05, 4.69) is 42.0 Å². The Labute approximate surface area is 217 Å². The number of rotatable bonds is 7. The van der Waals surface area contributed by atoms with Crippen LogP contribution >= 0.6 is 0 Å². The maximum atomic E-state index is 13.5. The van der Waals surface area contributed by atoms with E-state index in [0.717, 1.165) is 55.7 Å². The summed E-state index contributed by atoms with van der Waals surface area (Å²) >= 11 is 0. The third-order valence-electron chi connectivity index (χ3n) is 6.08. The lowest BCUT2D eigenvalue weighted by atomic mass is 10.1. The van der Waals surface area contributed by atoms with Crippen molar-refractivity contribution < 1.29 is 4.39 Å². The van der Waals surface area contributed by atoms with Crippen LogP contribution in [0.1, 0.15) is 0 Å². The zero-order valence-corrected chi connectivity index (χ0v) is 20.8. The van der Waals surface area contributed by atoms with Crippen molar-refractivity contribution in [2.45, 2.75) is 0 Å². The van der Waals surface area contributed by atoms with E-state index in [1.807, 2.05) is 31.1 Å². The van der Waals surface area contributed by atoms with Crippen molar-refractivity contribution in [3.05, 3.63) is 85.5 Å². The second-order valence-electron chi connectivity index (χ2n) is 9.29. The molecule has 3 N–H and O–H groups in total. The molecule has 38 heavy (non-hydrogen) atoms. The molecule has 0 aliphatic heterocycles. The first-order valence-corrected chi connectivity index (χ1v) is 11.9. The molecular weight excluding hydrogens is 481 g/mol. The third-order valence-corrected chi connectivity index (χ3v) is 6.08. The van der Waals surface area contributed by atoms with Gasteiger partial charge in [-0.15, -0.1) is 0 Å². The van der Waals surface area contributed by atoms with Gasteiger partial charge in [-0.25, -0.2) is 9.37 Å². The van der Waals surface area contributed by atoms with Crippen LogP contribution in [-0.2, 0) is 0 Å². The van der Waals surface area contributed by atoms with Crippen LogP contribution in [0.4, 0.5) is 10.1 Å². The summed E-state index contributed by atoms with van der Waals surface area (Å²) in [6.45, 7) is 4.79. The zero-order valence-electron chi connectivity index (χ0n) is 20.8. The molecule has 0 saturated carbocycles. The molecule has 0 unspecified atom stereocenters. The zero-order chi connectivity index (χ0) is 26.2. The minimum atomic E-state index is -0.293. The van der Waals surface area contributed by atoms with Crippen LogP contribution in [-0.4, -0.2) is 60.7 Å². The molecule has 5 aromatic heterocycles. The minimum Gasteiger partial charge on any atom is -0.357 e. The van der Waals surface area contributed by atoms with E-state index < -0.39 is 0 Å². The molecule has 9 nitrogen and oxygen atoms in total. The van der Waals surface area contributed by atoms with Crippen LogP contribution in [0, 0.1) is 5.82 Å². The Morgan fingerprint density at radius 2 is 1.79 bits per heavy atom. The quantitative estimate of drug-likeness (QED) is 0.272. The first-order valence-electron chi connectivity index (χ1n) is 11.9. The molecule has 6 aromatic rings. The number of hydrogen-bond acceptors (Lipinski definition) is 7. The van der Waals surface area contributed by atoms with Crippen molar-refractivity contribution in [1.29, 1.82) is 0 Å². The average Bonchev–Trinajstić information content (AvgIpc) is 3.52. The van der Waals surface area contributed by atoms with Gasteiger partial charge in [0.1, 0.15) is 11.5 Å². The minimum absolute atomic E-state index is 0.293. The standard InChI is InChI=1S/C28H24FN9/c1-16(15-38(2)3)33-20-8-18(10-30-11-20)23-9-21-24(14-32-23)36-37-27(21)28-34-25-13-31-12-22(26(25)35-28)17-4-6-19(29)7-5-17/h4-14,33H,1,15H2,2-3H3,(H,34,35)(H,36,37). The first-order chi connectivity index (χ1) is 18.4. The lowest BCUT2D eigenvalue weighted by Crippen LogP contribution is -2.18. The number of likely N-dealkylation sites (N-methyl/N-ethyl adjacent to an activating group) is 1. The SMILES string of the molecule is C=C(CN(C)C)Nc1cncc(-c2cc3c(-c4nc5c(-c6ccc(F)cc6)cncc5[nH]4)n[nH]c3cn2)c1. The second-order valence-corrected chi connectivity index (χ2v) is 9.29. The van der Waals surface area contributed by atoms with Crippen LogP contribution in [0.3, 0.4) is 0 Å². The summed E-state index contributed by atoms with van der Waals surface area (Å²) in [6, 6.07) is 10.2. The highest BCUT2D eigenvalue weighted by Gasteiger charge is 2.17. The van der Waals surface area contributed by atoms with Gasteiger partial charge in [-0.05, 0) is 43.9 Å². The molecule has 0 aliphatic rings. The molecule has 0 saturated heterocycles. The highest BCUT2D eigenvalue weighted by Crippen LogP contribution is 2.32. The van der Waals surface area contributed by atoms with Gasteiger partial charge in [0.2, 0.25) is 0 Å². The number of fused-ring (bicyclic) bond motifs is 2. The van der Waals surface area contributed by atoms with Gasteiger partial charge >= 0.3 is 0 Å². The van der Waals surface area contributed by atoms with Gasteiger partial charge < -0.3 is 15.2 Å². The number of benzene rings is 1. The summed E-state index contributed by atoms with van der Waals surface area (Å²) in [4.78, 5) is 23.6. The number of hydrogen-bond donors (Lipinski definition) is 3. The predicted octanol–water partition coefficient (Wildman–Crippen LogP) is 5.25. The van der Waals surface area contributed by atoms with Gasteiger partial charge in [0.25, 0.3) is 0 Å². The fraction of sp³-hybridized carbons (Fsp3) is 0.107. The van der Waals surface area contributed by atoms with Crippen molar-refractivity contribution in [1.82, 2.24) is 40.0 Å². The third kappa shape index (κ3) is 4.48. The summed E-state index contributed by atoms with van der Waals surface area (Å²) in [5.74, 6) is 0.298. The van der Waals surface area contributed by atoms with Crippen molar-refractivity contribution in [2.24, 2.45) is 0 Å². The molecule has 0 bridgehead atoms. The second kappa shape index (κ2) is 9.49. The van der Waals surface area contributed by atoms with Crippen LogP contribution in [0.25, 0.3) is 55.8 Å². The number of imidazole rings is 1.